The maximum Gasteiger partial charge on any atom is 0.350 e. The normalized spacial score (nSPS) is 16.2. The number of aromatic hydroxyl groups is 1. The molecule has 1 atom stereocenters. The summed E-state index contributed by atoms with van der Waals surface area (Å²) in [6.07, 6.45) is -0.0453. The average Bonchev–Trinajstić information content (AvgIpc) is 3.12. The van der Waals surface area contributed by atoms with Gasteiger partial charge in [-0.05, 0) is 95.3 Å². The minimum Gasteiger partial charge on any atom is -0.507 e. The number of phenols is 1. The fraction of sp³-hybridized carbons (Fsp3) is 0.500. The van der Waals surface area contributed by atoms with Gasteiger partial charge in [0.15, 0.2) is 0 Å². The lowest BCUT2D eigenvalue weighted by Crippen LogP contribution is -2.35. The smallest absolute Gasteiger partial charge is 0.350 e. The molecule has 1 aliphatic rings. The Morgan fingerprint density at radius 1 is 1.03 bits per heavy atom. The molecule has 2 amide bonds. The van der Waals surface area contributed by atoms with Crippen LogP contribution in [0.25, 0.3) is 0 Å². The summed E-state index contributed by atoms with van der Waals surface area (Å²) in [6, 6.07) is 9.16. The van der Waals surface area contributed by atoms with E-state index < -0.39 is 29.6 Å². The van der Waals surface area contributed by atoms with E-state index in [2.05, 4.69) is 0 Å². The van der Waals surface area contributed by atoms with Gasteiger partial charge in [0.2, 0.25) is 5.91 Å². The third kappa shape index (κ3) is 7.78. The van der Waals surface area contributed by atoms with E-state index in [-0.39, 0.29) is 31.9 Å². The van der Waals surface area contributed by atoms with E-state index in [0.717, 1.165) is 38.9 Å². The van der Waals surface area contributed by atoms with E-state index in [1.54, 1.807) is 13.8 Å². The Kier molecular flexibility index (Phi) is 10.2. The lowest BCUT2D eigenvalue weighted by molar-refractivity contribution is -0.126. The van der Waals surface area contributed by atoms with E-state index in [4.69, 9.17) is 18.5 Å². The molecule has 1 fully saturated rings. The highest BCUT2D eigenvalue weighted by Crippen LogP contribution is 2.50. The maximum absolute atomic E-state index is 12.9. The van der Waals surface area contributed by atoms with Gasteiger partial charge in [0.1, 0.15) is 35.7 Å². The molecule has 39 heavy (non-hydrogen) atoms. The molecule has 214 valence electrons. The number of imide groups is 1. The molecule has 1 N–H and O–H groups in total. The Morgan fingerprint density at radius 2 is 1.64 bits per heavy atom. The third-order valence-corrected chi connectivity index (χ3v) is 9.30. The van der Waals surface area contributed by atoms with E-state index >= 15 is 0 Å². The van der Waals surface area contributed by atoms with Crippen molar-refractivity contribution in [1.29, 1.82) is 0 Å². The zero-order valence-corrected chi connectivity index (χ0v) is 25.3. The number of carbonyl (C=O) groups is 2. The van der Waals surface area contributed by atoms with Gasteiger partial charge in [-0.2, -0.15) is 0 Å². The fourth-order valence-corrected chi connectivity index (χ4v) is 6.86. The highest BCUT2D eigenvalue weighted by Gasteiger charge is 2.43. The number of carbonyl (C=O) groups excluding carboxylic acids is 2. The molecule has 1 saturated heterocycles. The Labute approximate surface area is 234 Å². The van der Waals surface area contributed by atoms with Gasteiger partial charge in [0.25, 0.3) is 5.24 Å². The molecule has 0 saturated carbocycles. The van der Waals surface area contributed by atoms with Gasteiger partial charge < -0.3 is 23.6 Å². The van der Waals surface area contributed by atoms with Gasteiger partial charge in [-0.15, -0.1) is 0 Å². The second-order valence-electron chi connectivity index (χ2n) is 10.0. The highest BCUT2D eigenvalue weighted by atomic mass is 32.2. The molecule has 9 nitrogen and oxygen atoms in total. The predicted octanol–water partition coefficient (Wildman–Crippen LogP) is 6.38. The van der Waals surface area contributed by atoms with Crippen molar-refractivity contribution >= 4 is 30.5 Å². The standard InChI is InChI=1S/C28H38NO8PS/c1-8-35-38(33,36-9-2)17-29-26(31)24(39-27(29)32)15-21-10-12-22(13-11-21)34-16-28(6,7)37-23-14-18(3)25(30)20(5)19(23)4/h10-14,24,30H,8-9,15-17H2,1-7H3. The van der Waals surface area contributed by atoms with Crippen LogP contribution < -0.4 is 9.47 Å². The number of benzene rings is 2. The van der Waals surface area contributed by atoms with Crippen LogP contribution in [0, 0.1) is 20.8 Å². The van der Waals surface area contributed by atoms with Crippen LogP contribution in [0.2, 0.25) is 0 Å². The molecule has 1 aliphatic heterocycles. The molecule has 0 aromatic heterocycles. The lowest BCUT2D eigenvalue weighted by atomic mass is 10.0. The summed E-state index contributed by atoms with van der Waals surface area (Å²) >= 11 is 0.918. The number of thioether (sulfide) groups is 1. The van der Waals surface area contributed by atoms with Gasteiger partial charge in [0, 0.05) is 0 Å². The first-order valence-electron chi connectivity index (χ1n) is 12.9. The summed E-state index contributed by atoms with van der Waals surface area (Å²) < 4.78 is 35.5. The van der Waals surface area contributed by atoms with Crippen LogP contribution in [-0.4, -0.2) is 58.1 Å². The van der Waals surface area contributed by atoms with Gasteiger partial charge in [-0.25, -0.2) is 0 Å². The lowest BCUT2D eigenvalue weighted by Gasteiger charge is -2.28. The van der Waals surface area contributed by atoms with E-state index in [0.29, 0.717) is 17.9 Å². The van der Waals surface area contributed by atoms with Gasteiger partial charge >= 0.3 is 7.60 Å². The largest absolute Gasteiger partial charge is 0.507 e. The number of nitrogens with zero attached hydrogens (tertiary/aromatic N) is 1. The first-order chi connectivity index (χ1) is 18.3. The van der Waals surface area contributed by atoms with Gasteiger partial charge in [0.05, 0.1) is 18.5 Å². The van der Waals surface area contributed by atoms with E-state index in [1.165, 1.54) is 0 Å². The second kappa shape index (κ2) is 12.8. The number of aryl methyl sites for hydroxylation is 1. The van der Waals surface area contributed by atoms with Crippen LogP contribution in [-0.2, 0) is 24.8 Å². The summed E-state index contributed by atoms with van der Waals surface area (Å²) in [6.45, 7) is 13.4. The zero-order chi connectivity index (χ0) is 29.0. The molecule has 11 heteroatoms. The van der Waals surface area contributed by atoms with E-state index in [9.17, 15) is 19.3 Å². The van der Waals surface area contributed by atoms with Crippen molar-refractivity contribution in [2.24, 2.45) is 0 Å². The predicted molar refractivity (Wildman–Crippen MR) is 152 cm³/mol. The molecule has 2 aromatic carbocycles. The summed E-state index contributed by atoms with van der Waals surface area (Å²) in [4.78, 5) is 26.4. The number of rotatable bonds is 13. The molecule has 1 heterocycles. The van der Waals surface area contributed by atoms with Crippen LogP contribution in [0.3, 0.4) is 0 Å². The quantitative estimate of drug-likeness (QED) is 0.270. The number of phenolic OH excluding ortho intramolecular Hbond substituents is 1. The van der Waals surface area contributed by atoms with Crippen LogP contribution in [0.15, 0.2) is 30.3 Å². The minimum atomic E-state index is -3.58. The minimum absolute atomic E-state index is 0.150. The van der Waals surface area contributed by atoms with Crippen LogP contribution in [0.4, 0.5) is 4.79 Å². The topological polar surface area (TPSA) is 112 Å². The Morgan fingerprint density at radius 3 is 2.23 bits per heavy atom. The zero-order valence-electron chi connectivity index (χ0n) is 23.6. The fourth-order valence-electron chi connectivity index (χ4n) is 4.10. The SMILES string of the molecule is CCOP(=O)(CN1C(=O)SC(Cc2ccc(OCC(C)(C)Oc3cc(C)c(O)c(C)c3C)cc2)C1=O)OCC. The monoisotopic (exact) mass is 579 g/mol. The van der Waals surface area contributed by atoms with Crippen molar-refractivity contribution in [3.05, 3.63) is 52.6 Å². The molecule has 1 unspecified atom stereocenters. The molecule has 0 spiro atoms. The Bertz CT molecular complexity index is 1240. The van der Waals surface area contributed by atoms with Crippen LogP contribution in [0.5, 0.6) is 17.2 Å². The van der Waals surface area contributed by atoms with Gasteiger partial charge in [-0.3, -0.25) is 19.1 Å². The number of hydrogen-bond donors (Lipinski definition) is 1. The average molecular weight is 580 g/mol. The Balaban J connectivity index is 1.58. The maximum atomic E-state index is 12.9. The summed E-state index contributed by atoms with van der Waals surface area (Å²) in [5.74, 6) is 1.22. The van der Waals surface area contributed by atoms with Crippen LogP contribution >= 0.6 is 19.4 Å². The third-order valence-electron chi connectivity index (χ3n) is 6.30. The van der Waals surface area contributed by atoms with Crippen molar-refractivity contribution < 1.29 is 37.8 Å². The number of amides is 2. The van der Waals surface area contributed by atoms with Gasteiger partial charge in [-0.1, -0.05) is 23.9 Å². The van der Waals surface area contributed by atoms with Crippen molar-refractivity contribution in [2.45, 2.75) is 65.7 Å². The molecule has 3 rings (SSSR count). The van der Waals surface area contributed by atoms with Crippen molar-refractivity contribution in [3.63, 3.8) is 0 Å². The summed E-state index contributed by atoms with van der Waals surface area (Å²) in [5.41, 5.74) is 2.64. The Hall–Kier alpha value is -2.52. The highest BCUT2D eigenvalue weighted by molar-refractivity contribution is 8.15. The number of hydrogen-bond acceptors (Lipinski definition) is 9. The molecule has 0 aliphatic carbocycles. The van der Waals surface area contributed by atoms with Crippen molar-refractivity contribution in [1.82, 2.24) is 4.90 Å². The molecular formula is C28H38NO8PS. The first kappa shape index (κ1) is 31.0. The van der Waals surface area contributed by atoms with Crippen molar-refractivity contribution in [2.75, 3.05) is 26.1 Å². The molecule has 2 aromatic rings. The number of ether oxygens (including phenoxy) is 2. The summed E-state index contributed by atoms with van der Waals surface area (Å²) in [7, 11) is -3.58. The molecule has 0 bridgehead atoms. The van der Waals surface area contributed by atoms with E-state index in [1.807, 2.05) is 65.0 Å². The molecular weight excluding hydrogens is 541 g/mol. The summed E-state index contributed by atoms with van der Waals surface area (Å²) in [5, 5.41) is 9.08. The first-order valence-corrected chi connectivity index (χ1v) is 15.5. The second-order valence-corrected chi connectivity index (χ2v) is 13.2. The van der Waals surface area contributed by atoms with Crippen molar-refractivity contribution in [3.8, 4) is 17.2 Å². The van der Waals surface area contributed by atoms with Crippen LogP contribution in [0.1, 0.15) is 49.9 Å². The molecule has 0 radical (unpaired) electrons.